The zero-order valence-corrected chi connectivity index (χ0v) is 13.3. The van der Waals surface area contributed by atoms with Crippen molar-refractivity contribution in [3.8, 4) is 0 Å². The summed E-state index contributed by atoms with van der Waals surface area (Å²) in [6.45, 7) is 4.62. The molecule has 1 aromatic rings. The minimum atomic E-state index is 0.465. The van der Waals surface area contributed by atoms with Gasteiger partial charge in [-0.1, -0.05) is 13.8 Å². The van der Waals surface area contributed by atoms with Gasteiger partial charge in [-0.3, -0.25) is 0 Å². The first-order chi connectivity index (χ1) is 7.00. The second kappa shape index (κ2) is 3.11. The lowest BCUT2D eigenvalue weighted by molar-refractivity contribution is -0.176. The standard InChI is InChI=1S/C11H14I2N2/c1-3-7-14-8(12)9(13)15(7)11-4-10(2,5-11)6-11/h3-6H2,1-2H3. The highest BCUT2D eigenvalue weighted by Gasteiger charge is 2.66. The molecule has 1 aromatic heterocycles. The first-order valence-corrected chi connectivity index (χ1v) is 7.59. The molecular formula is C11H14I2N2. The molecule has 3 aliphatic rings. The lowest BCUT2D eigenvalue weighted by Crippen LogP contribution is -2.66. The molecule has 0 spiro atoms. The first kappa shape index (κ1) is 10.8. The fourth-order valence-electron chi connectivity index (χ4n) is 3.60. The van der Waals surface area contributed by atoms with E-state index in [2.05, 4.69) is 68.6 Å². The summed E-state index contributed by atoms with van der Waals surface area (Å²) < 4.78 is 5.06. The molecule has 3 fully saturated rings. The van der Waals surface area contributed by atoms with Crippen LogP contribution in [0.4, 0.5) is 0 Å². The maximum Gasteiger partial charge on any atom is 0.133 e. The molecule has 0 unspecified atom stereocenters. The molecule has 3 saturated carbocycles. The topological polar surface area (TPSA) is 17.8 Å². The Hall–Kier alpha value is 0.670. The van der Waals surface area contributed by atoms with Gasteiger partial charge in [0.1, 0.15) is 13.2 Å². The summed E-state index contributed by atoms with van der Waals surface area (Å²) in [6.07, 6.45) is 5.16. The molecule has 0 saturated heterocycles. The van der Waals surface area contributed by atoms with Crippen molar-refractivity contribution in [1.82, 2.24) is 9.55 Å². The van der Waals surface area contributed by atoms with E-state index in [0.29, 0.717) is 11.0 Å². The molecule has 4 heteroatoms. The van der Waals surface area contributed by atoms with Gasteiger partial charge in [0.2, 0.25) is 0 Å². The van der Waals surface area contributed by atoms with E-state index < -0.39 is 0 Å². The van der Waals surface area contributed by atoms with Gasteiger partial charge >= 0.3 is 0 Å². The van der Waals surface area contributed by atoms with Crippen LogP contribution in [0.5, 0.6) is 0 Å². The van der Waals surface area contributed by atoms with Crippen molar-refractivity contribution in [3.63, 3.8) is 0 Å². The molecule has 0 amide bonds. The smallest absolute Gasteiger partial charge is 0.133 e. The van der Waals surface area contributed by atoms with Gasteiger partial charge in [0, 0.05) is 12.0 Å². The summed E-state index contributed by atoms with van der Waals surface area (Å²) in [5.41, 5.74) is 1.14. The van der Waals surface area contributed by atoms with Gasteiger partial charge in [-0.15, -0.1) is 0 Å². The van der Waals surface area contributed by atoms with Gasteiger partial charge in [0.05, 0.1) is 0 Å². The van der Waals surface area contributed by atoms with Crippen LogP contribution in [0.2, 0.25) is 0 Å². The number of imidazole rings is 1. The van der Waals surface area contributed by atoms with Gasteiger partial charge in [0.25, 0.3) is 0 Å². The summed E-state index contributed by atoms with van der Waals surface area (Å²) in [4.78, 5) is 4.67. The monoisotopic (exact) mass is 428 g/mol. The average molecular weight is 428 g/mol. The summed E-state index contributed by atoms with van der Waals surface area (Å²) >= 11 is 4.81. The number of halogens is 2. The van der Waals surface area contributed by atoms with E-state index in [1.807, 2.05) is 0 Å². The average Bonchev–Trinajstić information content (AvgIpc) is 2.37. The van der Waals surface area contributed by atoms with Gasteiger partial charge < -0.3 is 4.57 Å². The number of hydrogen-bond acceptors (Lipinski definition) is 1. The lowest BCUT2D eigenvalue weighted by Gasteiger charge is -2.70. The fraction of sp³-hybridized carbons (Fsp3) is 0.727. The van der Waals surface area contributed by atoms with Crippen molar-refractivity contribution >= 4 is 45.2 Å². The van der Waals surface area contributed by atoms with Gasteiger partial charge in [-0.05, 0) is 69.9 Å². The second-order valence-corrected chi connectivity index (χ2v) is 7.41. The Morgan fingerprint density at radius 3 is 2.40 bits per heavy atom. The molecule has 0 aromatic carbocycles. The molecule has 0 atom stereocenters. The summed E-state index contributed by atoms with van der Waals surface area (Å²) in [5, 5.41) is 0. The number of hydrogen-bond donors (Lipinski definition) is 0. The molecule has 3 aliphatic carbocycles. The molecule has 82 valence electrons. The van der Waals surface area contributed by atoms with Crippen LogP contribution >= 0.6 is 45.2 Å². The first-order valence-electron chi connectivity index (χ1n) is 5.43. The number of aryl methyl sites for hydroxylation is 1. The quantitative estimate of drug-likeness (QED) is 0.660. The van der Waals surface area contributed by atoms with Crippen LogP contribution in [0.15, 0.2) is 0 Å². The number of nitrogens with zero attached hydrogens (tertiary/aromatic N) is 2. The van der Waals surface area contributed by atoms with Crippen molar-refractivity contribution < 1.29 is 0 Å². The normalized spacial score (nSPS) is 37.3. The molecule has 15 heavy (non-hydrogen) atoms. The second-order valence-electron chi connectivity index (χ2n) is 5.36. The van der Waals surface area contributed by atoms with Crippen LogP contribution in [-0.2, 0) is 12.0 Å². The van der Waals surface area contributed by atoms with E-state index in [9.17, 15) is 0 Å². The minimum Gasteiger partial charge on any atom is -0.316 e. The Morgan fingerprint density at radius 1 is 1.33 bits per heavy atom. The molecule has 0 aliphatic heterocycles. The summed E-state index contributed by atoms with van der Waals surface area (Å²) in [7, 11) is 0. The molecule has 0 radical (unpaired) electrons. The van der Waals surface area contributed by atoms with Crippen LogP contribution in [-0.4, -0.2) is 9.55 Å². The third kappa shape index (κ3) is 1.29. The number of rotatable bonds is 2. The van der Waals surface area contributed by atoms with Crippen molar-refractivity contribution in [3.05, 3.63) is 13.2 Å². The maximum atomic E-state index is 4.67. The van der Waals surface area contributed by atoms with Crippen molar-refractivity contribution in [1.29, 1.82) is 0 Å². The van der Waals surface area contributed by atoms with E-state index in [1.54, 1.807) is 0 Å². The van der Waals surface area contributed by atoms with Gasteiger partial charge in [-0.25, -0.2) is 4.98 Å². The molecular weight excluding hydrogens is 414 g/mol. The van der Waals surface area contributed by atoms with Gasteiger partial charge in [-0.2, -0.15) is 0 Å². The molecule has 0 N–H and O–H groups in total. The highest BCUT2D eigenvalue weighted by molar-refractivity contribution is 14.1. The minimum absolute atomic E-state index is 0.465. The van der Waals surface area contributed by atoms with E-state index in [-0.39, 0.29) is 0 Å². The third-order valence-electron chi connectivity index (χ3n) is 3.91. The van der Waals surface area contributed by atoms with E-state index in [0.717, 1.165) is 6.42 Å². The van der Waals surface area contributed by atoms with Crippen LogP contribution in [0, 0.1) is 12.8 Å². The SMILES string of the molecule is CCc1nc(I)c(I)n1C12CC(C)(C1)C2. The Labute approximate surface area is 118 Å². The van der Waals surface area contributed by atoms with Crippen molar-refractivity contribution in [2.75, 3.05) is 0 Å². The van der Waals surface area contributed by atoms with Crippen LogP contribution in [0.1, 0.15) is 38.9 Å². The molecule has 2 bridgehead atoms. The maximum absolute atomic E-state index is 4.67. The molecule has 1 heterocycles. The largest absolute Gasteiger partial charge is 0.316 e. The Balaban J connectivity index is 2.05. The van der Waals surface area contributed by atoms with E-state index >= 15 is 0 Å². The van der Waals surface area contributed by atoms with Crippen LogP contribution < -0.4 is 0 Å². The van der Waals surface area contributed by atoms with Crippen molar-refractivity contribution in [2.24, 2.45) is 5.41 Å². The Morgan fingerprint density at radius 2 is 1.93 bits per heavy atom. The zero-order valence-electron chi connectivity index (χ0n) is 8.98. The van der Waals surface area contributed by atoms with Crippen molar-refractivity contribution in [2.45, 2.75) is 45.1 Å². The number of aromatic nitrogens is 2. The molecule has 2 nitrogen and oxygen atoms in total. The van der Waals surface area contributed by atoms with Crippen LogP contribution in [0.25, 0.3) is 0 Å². The van der Waals surface area contributed by atoms with Gasteiger partial charge in [0.15, 0.2) is 0 Å². The lowest BCUT2D eigenvalue weighted by atomic mass is 9.40. The fourth-order valence-corrected chi connectivity index (χ4v) is 5.03. The Kier molecular flexibility index (Phi) is 2.24. The predicted molar refractivity (Wildman–Crippen MR) is 77.0 cm³/mol. The highest BCUT2D eigenvalue weighted by Crippen LogP contribution is 2.71. The predicted octanol–water partition coefficient (Wildman–Crippen LogP) is 3.55. The highest BCUT2D eigenvalue weighted by atomic mass is 127. The Bertz CT molecular complexity index is 416. The summed E-state index contributed by atoms with van der Waals surface area (Å²) in [6, 6.07) is 0. The molecule has 4 rings (SSSR count). The van der Waals surface area contributed by atoms with Crippen LogP contribution in [0.3, 0.4) is 0 Å². The zero-order chi connectivity index (χ0) is 10.8. The van der Waals surface area contributed by atoms with E-state index in [1.165, 1.54) is 32.5 Å². The summed E-state index contributed by atoms with van der Waals surface area (Å²) in [5.74, 6) is 1.28. The van der Waals surface area contributed by atoms with E-state index in [4.69, 9.17) is 0 Å². The third-order valence-corrected chi connectivity index (χ3v) is 6.69.